The number of hydrogen-bond donors (Lipinski definition) is 2. The summed E-state index contributed by atoms with van der Waals surface area (Å²) in [6.07, 6.45) is 0. The van der Waals surface area contributed by atoms with Crippen molar-refractivity contribution in [1.29, 1.82) is 0 Å². The van der Waals surface area contributed by atoms with Crippen LogP contribution < -0.4 is 15.6 Å². The molecule has 1 fully saturated rings. The molecule has 6 nitrogen and oxygen atoms in total. The van der Waals surface area contributed by atoms with Crippen molar-refractivity contribution in [2.24, 2.45) is 0 Å². The minimum absolute atomic E-state index is 0.0202. The van der Waals surface area contributed by atoms with E-state index >= 15 is 0 Å². The van der Waals surface area contributed by atoms with Gasteiger partial charge < -0.3 is 19.9 Å². The van der Waals surface area contributed by atoms with Crippen molar-refractivity contribution in [1.82, 2.24) is 9.88 Å². The highest BCUT2D eigenvalue weighted by molar-refractivity contribution is 8.00. The highest BCUT2D eigenvalue weighted by atomic mass is 32.2. The van der Waals surface area contributed by atoms with E-state index in [1.165, 1.54) is 10.6 Å². The molecule has 0 aliphatic carbocycles. The molecule has 1 unspecified atom stereocenters. The number of nitrogens with one attached hydrogen (secondary N) is 1. The number of piperazine rings is 1. The largest absolute Gasteiger partial charge is 0.477 e. The van der Waals surface area contributed by atoms with E-state index in [-0.39, 0.29) is 27.2 Å². The van der Waals surface area contributed by atoms with E-state index in [0.717, 1.165) is 36.0 Å². The van der Waals surface area contributed by atoms with Crippen LogP contribution in [-0.2, 0) is 0 Å². The molecule has 0 bridgehead atoms. The highest BCUT2D eigenvalue weighted by Crippen LogP contribution is 2.51. The Morgan fingerprint density at radius 1 is 1.10 bits per heavy atom. The lowest BCUT2D eigenvalue weighted by Gasteiger charge is -2.36. The Hall–Kier alpha value is -2.98. The number of aromatic nitrogens is 1. The van der Waals surface area contributed by atoms with Crippen molar-refractivity contribution >= 4 is 34.3 Å². The molecule has 160 valence electrons. The summed E-state index contributed by atoms with van der Waals surface area (Å²) in [4.78, 5) is 26.4. The van der Waals surface area contributed by atoms with Crippen LogP contribution in [0.15, 0.2) is 40.2 Å². The number of carbonyl (C=O) groups is 1. The van der Waals surface area contributed by atoms with Crippen molar-refractivity contribution in [3.63, 3.8) is 0 Å². The molecule has 1 atom stereocenters. The van der Waals surface area contributed by atoms with Crippen LogP contribution in [0, 0.1) is 17.5 Å². The number of thioether (sulfide) groups is 1. The number of nitrogens with zero attached hydrogens (tertiary/aromatic N) is 2. The summed E-state index contributed by atoms with van der Waals surface area (Å²) in [5.41, 5.74) is -0.717. The molecule has 10 heteroatoms. The smallest absolute Gasteiger partial charge is 0.342 e. The van der Waals surface area contributed by atoms with Gasteiger partial charge in [0.2, 0.25) is 5.43 Å². The van der Waals surface area contributed by atoms with Gasteiger partial charge in [0.15, 0.2) is 0 Å². The fourth-order valence-corrected chi connectivity index (χ4v) is 5.39. The SMILES string of the molecule is O=C(O)c1c2n(c3cc(N4CCNCC4)c(F)cc3c1=O)C(c1cc(F)ccc1F)S2. The van der Waals surface area contributed by atoms with Gasteiger partial charge in [-0.2, -0.15) is 0 Å². The lowest BCUT2D eigenvalue weighted by atomic mass is 10.1. The second kappa shape index (κ2) is 7.31. The first-order valence-electron chi connectivity index (χ1n) is 9.59. The Kier molecular flexibility index (Phi) is 4.71. The molecule has 0 saturated carbocycles. The minimum atomic E-state index is -1.45. The van der Waals surface area contributed by atoms with Crippen LogP contribution in [-0.4, -0.2) is 41.8 Å². The fraction of sp³-hybridized carbons (Fsp3) is 0.238. The Balaban J connectivity index is 1.78. The molecular weight excluding hydrogens is 431 g/mol. The van der Waals surface area contributed by atoms with Crippen LogP contribution in [0.2, 0.25) is 0 Å². The molecule has 2 aromatic carbocycles. The number of anilines is 1. The van der Waals surface area contributed by atoms with Gasteiger partial charge in [-0.1, -0.05) is 11.8 Å². The Bertz CT molecular complexity index is 1300. The maximum atomic E-state index is 14.9. The minimum Gasteiger partial charge on any atom is -0.477 e. The zero-order valence-corrected chi connectivity index (χ0v) is 16.8. The number of carboxylic acids is 1. The standard InChI is InChI=1S/C21H16F3N3O3S/c22-10-1-2-13(23)11(7-10)19-27-15-9-16(26-5-3-25-4-6-26)14(24)8-12(15)18(28)17(21(29)30)20(27)31-19/h1-2,7-9,19,25H,3-6H2,(H,29,30). The van der Waals surface area contributed by atoms with Gasteiger partial charge in [-0.25, -0.2) is 18.0 Å². The topological polar surface area (TPSA) is 74.6 Å². The number of carboxylic acid groups (broad SMARTS) is 1. The Morgan fingerprint density at radius 2 is 1.84 bits per heavy atom. The zero-order chi connectivity index (χ0) is 21.9. The number of fused-ring (bicyclic) bond motifs is 3. The lowest BCUT2D eigenvalue weighted by Crippen LogP contribution is -2.44. The van der Waals surface area contributed by atoms with Crippen LogP contribution in [0.1, 0.15) is 21.3 Å². The predicted octanol–water partition coefficient (Wildman–Crippen LogP) is 3.18. The van der Waals surface area contributed by atoms with E-state index in [0.29, 0.717) is 26.2 Å². The zero-order valence-electron chi connectivity index (χ0n) is 16.0. The number of hydrogen-bond acceptors (Lipinski definition) is 5. The molecule has 31 heavy (non-hydrogen) atoms. The normalized spacial score (nSPS) is 18.0. The molecule has 5 rings (SSSR count). The summed E-state index contributed by atoms with van der Waals surface area (Å²) in [6, 6.07) is 5.57. The highest BCUT2D eigenvalue weighted by Gasteiger charge is 2.38. The molecule has 0 radical (unpaired) electrons. The summed E-state index contributed by atoms with van der Waals surface area (Å²) in [6.45, 7) is 2.45. The molecule has 0 amide bonds. The molecule has 2 aliphatic heterocycles. The van der Waals surface area contributed by atoms with Crippen LogP contribution in [0.25, 0.3) is 10.9 Å². The summed E-state index contributed by atoms with van der Waals surface area (Å²) in [7, 11) is 0. The van der Waals surface area contributed by atoms with Crippen molar-refractivity contribution in [2.45, 2.75) is 10.4 Å². The number of rotatable bonds is 3. The molecule has 0 spiro atoms. The maximum Gasteiger partial charge on any atom is 0.342 e. The summed E-state index contributed by atoms with van der Waals surface area (Å²) in [5, 5.41) is 12.0. The first kappa shape index (κ1) is 20.0. The van der Waals surface area contributed by atoms with E-state index in [2.05, 4.69) is 5.32 Å². The van der Waals surface area contributed by atoms with Crippen molar-refractivity contribution in [3.8, 4) is 0 Å². The van der Waals surface area contributed by atoms with Gasteiger partial charge in [0, 0.05) is 37.1 Å². The van der Waals surface area contributed by atoms with Gasteiger partial charge in [0.1, 0.15) is 28.4 Å². The summed E-state index contributed by atoms with van der Waals surface area (Å²) < 4.78 is 44.7. The van der Waals surface area contributed by atoms with E-state index in [9.17, 15) is 27.9 Å². The predicted molar refractivity (Wildman–Crippen MR) is 111 cm³/mol. The van der Waals surface area contributed by atoms with Gasteiger partial charge >= 0.3 is 5.97 Å². The number of halogens is 3. The average molecular weight is 447 g/mol. The molecule has 2 N–H and O–H groups in total. The third-order valence-electron chi connectivity index (χ3n) is 5.58. The molecule has 1 saturated heterocycles. The van der Waals surface area contributed by atoms with E-state index < -0.39 is 39.8 Å². The van der Waals surface area contributed by atoms with Gasteiger partial charge in [-0.15, -0.1) is 0 Å². The van der Waals surface area contributed by atoms with Crippen LogP contribution in [0.3, 0.4) is 0 Å². The third-order valence-corrected chi connectivity index (χ3v) is 6.89. The first-order chi connectivity index (χ1) is 14.9. The Morgan fingerprint density at radius 3 is 2.55 bits per heavy atom. The van der Waals surface area contributed by atoms with E-state index in [1.807, 2.05) is 4.90 Å². The van der Waals surface area contributed by atoms with E-state index in [4.69, 9.17) is 0 Å². The number of aromatic carboxylic acids is 1. The van der Waals surface area contributed by atoms with Gasteiger partial charge in [0.25, 0.3) is 0 Å². The van der Waals surface area contributed by atoms with Gasteiger partial charge in [-0.3, -0.25) is 4.79 Å². The monoisotopic (exact) mass is 447 g/mol. The summed E-state index contributed by atoms with van der Waals surface area (Å²) >= 11 is 0.963. The Labute approximate surface area is 178 Å². The fourth-order valence-electron chi connectivity index (χ4n) is 4.09. The average Bonchev–Trinajstić information content (AvgIpc) is 2.73. The van der Waals surface area contributed by atoms with Crippen molar-refractivity contribution < 1.29 is 23.1 Å². The molecule has 1 aromatic heterocycles. The molecular formula is C21H16F3N3O3S. The molecule has 2 aliphatic rings. The first-order valence-corrected chi connectivity index (χ1v) is 10.5. The molecule has 3 aromatic rings. The van der Waals surface area contributed by atoms with Crippen LogP contribution >= 0.6 is 11.8 Å². The van der Waals surface area contributed by atoms with E-state index in [1.54, 1.807) is 0 Å². The second-order valence-electron chi connectivity index (χ2n) is 7.38. The third kappa shape index (κ3) is 3.09. The maximum absolute atomic E-state index is 14.9. The quantitative estimate of drug-likeness (QED) is 0.643. The van der Waals surface area contributed by atoms with Crippen LogP contribution in [0.5, 0.6) is 0 Å². The van der Waals surface area contributed by atoms with Crippen molar-refractivity contribution in [3.05, 3.63) is 69.1 Å². The second-order valence-corrected chi connectivity index (χ2v) is 8.45. The molecule has 3 heterocycles. The number of pyridine rings is 1. The summed E-state index contributed by atoms with van der Waals surface area (Å²) in [5.74, 6) is -3.38. The van der Waals surface area contributed by atoms with Crippen LogP contribution in [0.4, 0.5) is 18.9 Å². The van der Waals surface area contributed by atoms with Gasteiger partial charge in [0.05, 0.1) is 16.2 Å². The van der Waals surface area contributed by atoms with Gasteiger partial charge in [-0.05, 0) is 30.3 Å². The number of benzene rings is 2. The lowest BCUT2D eigenvalue weighted by molar-refractivity contribution is 0.0689. The van der Waals surface area contributed by atoms with Crippen molar-refractivity contribution in [2.75, 3.05) is 31.1 Å².